The molecule has 12 heavy (non-hydrogen) atoms. The number of hydrogen-bond donors (Lipinski definition) is 1. The normalized spacial score (nSPS) is 9.92. The van der Waals surface area contributed by atoms with Gasteiger partial charge in [-0.15, -0.1) is 0 Å². The van der Waals surface area contributed by atoms with Gasteiger partial charge in [0.15, 0.2) is 0 Å². The minimum absolute atomic E-state index is 0.684. The number of ether oxygens (including phenoxy) is 1. The van der Waals surface area contributed by atoms with Gasteiger partial charge >= 0.3 is 0 Å². The molecule has 0 aromatic heterocycles. The third-order valence-corrected chi connectivity index (χ3v) is 2.54. The number of nitrogens with two attached hydrogens (primary N) is 1. The van der Waals surface area contributed by atoms with Crippen molar-refractivity contribution in [3.05, 3.63) is 27.3 Å². The Morgan fingerprint density at radius 3 is 2.83 bits per heavy atom. The second-order valence-corrected chi connectivity index (χ2v) is 3.67. The average Bonchev–Trinajstić information content (AvgIpc) is 2.09. The van der Waals surface area contributed by atoms with Gasteiger partial charge < -0.3 is 10.5 Å². The summed E-state index contributed by atoms with van der Waals surface area (Å²) in [6.07, 6.45) is 0.910. The molecule has 1 aromatic carbocycles. The lowest BCUT2D eigenvalue weighted by molar-refractivity contribution is 0.411. The second kappa shape index (κ2) is 4.67. The summed E-state index contributed by atoms with van der Waals surface area (Å²) in [6, 6.07) is 6.16. The summed E-state index contributed by atoms with van der Waals surface area (Å²) < 4.78 is 6.32. The van der Waals surface area contributed by atoms with E-state index in [2.05, 4.69) is 28.7 Å². The zero-order valence-electron chi connectivity index (χ0n) is 7.01. The Balaban J connectivity index is 2.89. The fourth-order valence-corrected chi connectivity index (χ4v) is 1.58. The van der Waals surface area contributed by atoms with Gasteiger partial charge in [-0.3, -0.25) is 0 Å². The van der Waals surface area contributed by atoms with E-state index in [1.807, 2.05) is 12.1 Å². The van der Waals surface area contributed by atoms with Crippen molar-refractivity contribution in [1.29, 1.82) is 0 Å². The molecule has 0 aliphatic rings. The van der Waals surface area contributed by atoms with E-state index in [9.17, 15) is 0 Å². The lowest BCUT2D eigenvalue weighted by Crippen LogP contribution is -2.02. The van der Waals surface area contributed by atoms with Crippen molar-refractivity contribution in [3.8, 4) is 5.75 Å². The minimum atomic E-state index is 0.684. The Labute approximate surface area is 86.2 Å². The number of rotatable bonds is 3. The lowest BCUT2D eigenvalue weighted by Gasteiger charge is -2.05. The maximum Gasteiger partial charge on any atom is 0.132 e. The van der Waals surface area contributed by atoms with E-state index in [0.717, 1.165) is 15.7 Å². The van der Waals surface area contributed by atoms with Crippen molar-refractivity contribution in [2.45, 2.75) is 6.42 Å². The highest BCUT2D eigenvalue weighted by atomic mass is 127. The molecular formula is C9H12INO. The summed E-state index contributed by atoms with van der Waals surface area (Å²) in [5.41, 5.74) is 6.68. The fraction of sp³-hybridized carbons (Fsp3) is 0.333. The highest BCUT2D eigenvalue weighted by molar-refractivity contribution is 14.1. The molecule has 0 atom stereocenters. The lowest BCUT2D eigenvalue weighted by atomic mass is 10.1. The van der Waals surface area contributed by atoms with E-state index in [1.54, 1.807) is 7.11 Å². The molecule has 0 saturated carbocycles. The Morgan fingerprint density at radius 2 is 2.25 bits per heavy atom. The molecule has 2 nitrogen and oxygen atoms in total. The van der Waals surface area contributed by atoms with Crippen molar-refractivity contribution >= 4 is 22.6 Å². The topological polar surface area (TPSA) is 35.2 Å². The van der Waals surface area contributed by atoms with Gasteiger partial charge in [-0.25, -0.2) is 0 Å². The summed E-state index contributed by atoms with van der Waals surface area (Å²) >= 11 is 2.25. The van der Waals surface area contributed by atoms with Crippen LogP contribution in [0.1, 0.15) is 5.56 Å². The van der Waals surface area contributed by atoms with E-state index in [4.69, 9.17) is 10.5 Å². The van der Waals surface area contributed by atoms with Crippen LogP contribution in [0, 0.1) is 3.57 Å². The molecule has 2 N–H and O–H groups in total. The Bertz CT molecular complexity index is 263. The molecular weight excluding hydrogens is 265 g/mol. The first kappa shape index (κ1) is 9.80. The minimum Gasteiger partial charge on any atom is -0.496 e. The van der Waals surface area contributed by atoms with Gasteiger partial charge in [-0.05, 0) is 53.3 Å². The van der Waals surface area contributed by atoms with E-state index in [1.165, 1.54) is 5.56 Å². The molecule has 0 aliphatic heterocycles. The molecule has 0 aliphatic carbocycles. The third-order valence-electron chi connectivity index (χ3n) is 1.65. The van der Waals surface area contributed by atoms with E-state index in [-0.39, 0.29) is 0 Å². The molecule has 0 heterocycles. The van der Waals surface area contributed by atoms with E-state index < -0.39 is 0 Å². The van der Waals surface area contributed by atoms with Crippen LogP contribution in [0.15, 0.2) is 18.2 Å². The number of halogens is 1. The maximum absolute atomic E-state index is 5.45. The Morgan fingerprint density at radius 1 is 1.50 bits per heavy atom. The quantitative estimate of drug-likeness (QED) is 0.855. The van der Waals surface area contributed by atoms with Crippen LogP contribution in [0.2, 0.25) is 0 Å². The summed E-state index contributed by atoms with van der Waals surface area (Å²) in [7, 11) is 1.68. The summed E-state index contributed by atoms with van der Waals surface area (Å²) in [5.74, 6) is 0.932. The second-order valence-electron chi connectivity index (χ2n) is 2.51. The van der Waals surface area contributed by atoms with Crippen molar-refractivity contribution in [1.82, 2.24) is 0 Å². The molecule has 0 fully saturated rings. The standard InChI is InChI=1S/C9H12INO/c1-12-9-6-7(4-5-11)2-3-8(9)10/h2-3,6H,4-5,11H2,1H3. The molecule has 1 aromatic rings. The van der Waals surface area contributed by atoms with Crippen LogP contribution >= 0.6 is 22.6 Å². The Kier molecular flexibility index (Phi) is 3.81. The number of hydrogen-bond acceptors (Lipinski definition) is 2. The van der Waals surface area contributed by atoms with Crippen LogP contribution in [0.3, 0.4) is 0 Å². The fourth-order valence-electron chi connectivity index (χ4n) is 1.03. The van der Waals surface area contributed by atoms with Crippen molar-refractivity contribution in [3.63, 3.8) is 0 Å². The summed E-state index contributed by atoms with van der Waals surface area (Å²) in [4.78, 5) is 0. The molecule has 0 saturated heterocycles. The highest BCUT2D eigenvalue weighted by Crippen LogP contribution is 2.21. The summed E-state index contributed by atoms with van der Waals surface area (Å²) in [5, 5.41) is 0. The predicted octanol–water partition coefficient (Wildman–Crippen LogP) is 1.80. The van der Waals surface area contributed by atoms with Crippen molar-refractivity contribution < 1.29 is 4.74 Å². The van der Waals surface area contributed by atoms with Crippen molar-refractivity contribution in [2.75, 3.05) is 13.7 Å². The number of benzene rings is 1. The third kappa shape index (κ3) is 2.35. The first-order valence-corrected chi connectivity index (χ1v) is 4.88. The molecule has 0 radical (unpaired) electrons. The van der Waals surface area contributed by atoms with Gasteiger partial charge in [-0.1, -0.05) is 6.07 Å². The SMILES string of the molecule is COc1cc(CCN)ccc1I. The molecule has 0 unspecified atom stereocenters. The molecule has 3 heteroatoms. The van der Waals surface area contributed by atoms with Gasteiger partial charge in [0, 0.05) is 0 Å². The largest absolute Gasteiger partial charge is 0.496 e. The predicted molar refractivity (Wildman–Crippen MR) is 58.5 cm³/mol. The average molecular weight is 277 g/mol. The monoisotopic (exact) mass is 277 g/mol. The van der Waals surface area contributed by atoms with Gasteiger partial charge in [0.1, 0.15) is 5.75 Å². The van der Waals surface area contributed by atoms with Crippen LogP contribution in [0.25, 0.3) is 0 Å². The molecule has 0 bridgehead atoms. The number of methoxy groups -OCH3 is 1. The molecule has 0 spiro atoms. The zero-order valence-corrected chi connectivity index (χ0v) is 9.17. The van der Waals surface area contributed by atoms with Gasteiger partial charge in [0.05, 0.1) is 10.7 Å². The smallest absolute Gasteiger partial charge is 0.132 e. The molecule has 0 amide bonds. The molecule has 1 rings (SSSR count). The van der Waals surface area contributed by atoms with Crippen LogP contribution in [-0.4, -0.2) is 13.7 Å². The van der Waals surface area contributed by atoms with E-state index in [0.29, 0.717) is 6.54 Å². The van der Waals surface area contributed by atoms with Crippen LogP contribution in [0.4, 0.5) is 0 Å². The first-order chi connectivity index (χ1) is 5.77. The first-order valence-electron chi connectivity index (χ1n) is 3.80. The van der Waals surface area contributed by atoms with Gasteiger partial charge in [0.2, 0.25) is 0 Å². The van der Waals surface area contributed by atoms with Crippen LogP contribution in [-0.2, 0) is 6.42 Å². The van der Waals surface area contributed by atoms with Gasteiger partial charge in [-0.2, -0.15) is 0 Å². The highest BCUT2D eigenvalue weighted by Gasteiger charge is 1.99. The van der Waals surface area contributed by atoms with Crippen LogP contribution < -0.4 is 10.5 Å². The summed E-state index contributed by atoms with van der Waals surface area (Å²) in [6.45, 7) is 0.684. The van der Waals surface area contributed by atoms with Crippen molar-refractivity contribution in [2.24, 2.45) is 5.73 Å². The zero-order chi connectivity index (χ0) is 8.97. The van der Waals surface area contributed by atoms with Gasteiger partial charge in [0.25, 0.3) is 0 Å². The maximum atomic E-state index is 5.45. The van der Waals surface area contributed by atoms with Crippen LogP contribution in [0.5, 0.6) is 5.75 Å². The van der Waals surface area contributed by atoms with E-state index >= 15 is 0 Å². The Hall–Kier alpha value is -0.290. The molecule has 66 valence electrons.